The number of fused-ring (bicyclic) bond motifs is 1. The predicted octanol–water partition coefficient (Wildman–Crippen LogP) is 5.77. The Kier molecular flexibility index (Phi) is 5.39. The molecule has 0 saturated heterocycles. The third-order valence-electron chi connectivity index (χ3n) is 3.42. The van der Waals surface area contributed by atoms with E-state index in [0.29, 0.717) is 12.3 Å². The highest BCUT2D eigenvalue weighted by molar-refractivity contribution is 9.09. The molecular formula is C17H21BrOS. The number of carbonyl (C=O) groups excluding carboxylic acids is 1. The highest BCUT2D eigenvalue weighted by Crippen LogP contribution is 2.30. The number of benzene rings is 1. The molecule has 0 bridgehead atoms. The summed E-state index contributed by atoms with van der Waals surface area (Å²) in [7, 11) is 0. The van der Waals surface area contributed by atoms with Gasteiger partial charge in [0.1, 0.15) is 0 Å². The van der Waals surface area contributed by atoms with E-state index in [1.165, 1.54) is 21.2 Å². The van der Waals surface area contributed by atoms with Crippen LogP contribution in [0.5, 0.6) is 0 Å². The van der Waals surface area contributed by atoms with Crippen LogP contribution < -0.4 is 0 Å². The van der Waals surface area contributed by atoms with Crippen molar-refractivity contribution in [1.29, 1.82) is 0 Å². The maximum Gasteiger partial charge on any atom is 0.173 e. The number of hydrogen-bond donors (Lipinski definition) is 0. The van der Waals surface area contributed by atoms with Crippen LogP contribution in [0, 0.1) is 12.8 Å². The second-order valence-electron chi connectivity index (χ2n) is 5.74. The molecule has 0 aliphatic heterocycles. The Labute approximate surface area is 133 Å². The van der Waals surface area contributed by atoms with Crippen LogP contribution in [-0.2, 0) is 6.42 Å². The van der Waals surface area contributed by atoms with Gasteiger partial charge in [0.25, 0.3) is 0 Å². The van der Waals surface area contributed by atoms with Crippen molar-refractivity contribution < 1.29 is 4.79 Å². The van der Waals surface area contributed by atoms with Gasteiger partial charge in [-0.05, 0) is 54.3 Å². The Balaban J connectivity index is 2.31. The molecule has 0 radical (unpaired) electrons. The number of halogens is 1. The number of rotatable bonds is 6. The average molecular weight is 353 g/mol. The number of alkyl halides is 1. The minimum Gasteiger partial charge on any atom is -0.293 e. The first-order valence-electron chi connectivity index (χ1n) is 7.13. The van der Waals surface area contributed by atoms with E-state index in [-0.39, 0.29) is 5.78 Å². The molecule has 1 nitrogen and oxygen atoms in total. The Hall–Kier alpha value is -0.670. The van der Waals surface area contributed by atoms with Crippen molar-refractivity contribution in [3.8, 4) is 0 Å². The lowest BCUT2D eigenvalue weighted by molar-refractivity contribution is 0.0972. The number of aryl methyl sites for hydroxylation is 2. The van der Waals surface area contributed by atoms with E-state index in [9.17, 15) is 4.79 Å². The van der Waals surface area contributed by atoms with Crippen LogP contribution in [0.2, 0.25) is 0 Å². The molecule has 0 unspecified atom stereocenters. The lowest BCUT2D eigenvalue weighted by Gasteiger charge is -2.04. The molecule has 20 heavy (non-hydrogen) atoms. The fourth-order valence-corrected chi connectivity index (χ4v) is 3.74. The van der Waals surface area contributed by atoms with Crippen molar-refractivity contribution in [2.75, 3.05) is 5.33 Å². The number of thiophene rings is 1. The van der Waals surface area contributed by atoms with Gasteiger partial charge in [0.15, 0.2) is 5.78 Å². The molecule has 0 saturated carbocycles. The third kappa shape index (κ3) is 3.70. The molecule has 2 aromatic rings. The van der Waals surface area contributed by atoms with Crippen molar-refractivity contribution in [3.05, 3.63) is 34.2 Å². The van der Waals surface area contributed by atoms with Gasteiger partial charge < -0.3 is 0 Å². The Morgan fingerprint density at radius 2 is 2.05 bits per heavy atom. The van der Waals surface area contributed by atoms with Crippen LogP contribution >= 0.6 is 27.3 Å². The molecule has 0 fully saturated rings. The number of Topliss-reactive ketones (excluding diaryl/α,β-unsaturated/α-hetero) is 1. The number of ketones is 1. The van der Waals surface area contributed by atoms with E-state index in [2.05, 4.69) is 54.9 Å². The lowest BCUT2D eigenvalue weighted by Crippen LogP contribution is -2.00. The van der Waals surface area contributed by atoms with E-state index in [1.54, 1.807) is 11.3 Å². The molecule has 1 heterocycles. The average Bonchev–Trinajstić information content (AvgIpc) is 2.78. The second kappa shape index (κ2) is 6.86. The highest BCUT2D eigenvalue weighted by Gasteiger charge is 2.13. The van der Waals surface area contributed by atoms with Crippen molar-refractivity contribution in [2.45, 2.75) is 40.0 Å². The molecule has 1 aromatic carbocycles. The van der Waals surface area contributed by atoms with Crippen LogP contribution in [0.4, 0.5) is 0 Å². The van der Waals surface area contributed by atoms with E-state index in [0.717, 1.165) is 23.0 Å². The summed E-state index contributed by atoms with van der Waals surface area (Å²) in [6, 6.07) is 6.56. The van der Waals surface area contributed by atoms with Crippen LogP contribution in [0.15, 0.2) is 18.2 Å². The molecule has 0 atom stereocenters. The zero-order chi connectivity index (χ0) is 14.7. The fourth-order valence-electron chi connectivity index (χ4n) is 2.37. The zero-order valence-corrected chi connectivity index (χ0v) is 14.7. The number of carbonyl (C=O) groups is 1. The quantitative estimate of drug-likeness (QED) is 0.476. The summed E-state index contributed by atoms with van der Waals surface area (Å²) in [5.41, 5.74) is 2.74. The summed E-state index contributed by atoms with van der Waals surface area (Å²) in [5.74, 6) is 0.699. The van der Waals surface area contributed by atoms with Crippen molar-refractivity contribution in [1.82, 2.24) is 0 Å². The Bertz CT molecular complexity index is 613. The van der Waals surface area contributed by atoms with Gasteiger partial charge in [-0.2, -0.15) is 0 Å². The van der Waals surface area contributed by atoms with Gasteiger partial charge in [0.2, 0.25) is 0 Å². The van der Waals surface area contributed by atoms with Crippen LogP contribution in [-0.4, -0.2) is 11.1 Å². The second-order valence-corrected chi connectivity index (χ2v) is 7.62. The molecular weight excluding hydrogens is 332 g/mol. The van der Waals surface area contributed by atoms with Crippen molar-refractivity contribution in [3.63, 3.8) is 0 Å². The van der Waals surface area contributed by atoms with Crippen LogP contribution in [0.3, 0.4) is 0 Å². The molecule has 1 aromatic heterocycles. The lowest BCUT2D eigenvalue weighted by atomic mass is 10.0. The maximum atomic E-state index is 12.2. The fraction of sp³-hybridized carbons (Fsp3) is 0.471. The summed E-state index contributed by atoms with van der Waals surface area (Å²) in [6.45, 7) is 6.35. The van der Waals surface area contributed by atoms with Gasteiger partial charge in [-0.1, -0.05) is 35.8 Å². The summed E-state index contributed by atoms with van der Waals surface area (Å²) in [5, 5.41) is 2.25. The van der Waals surface area contributed by atoms with Crippen molar-refractivity contribution >= 4 is 43.1 Å². The summed E-state index contributed by atoms with van der Waals surface area (Å²) in [4.78, 5) is 13.1. The molecule has 0 aliphatic rings. The normalized spacial score (nSPS) is 11.4. The van der Waals surface area contributed by atoms with Gasteiger partial charge in [0.05, 0.1) is 4.88 Å². The summed E-state index contributed by atoms with van der Waals surface area (Å²) >= 11 is 5.12. The first kappa shape index (κ1) is 15.7. The monoisotopic (exact) mass is 352 g/mol. The van der Waals surface area contributed by atoms with E-state index in [1.807, 2.05) is 0 Å². The number of hydrogen-bond acceptors (Lipinski definition) is 2. The van der Waals surface area contributed by atoms with Gasteiger partial charge in [-0.3, -0.25) is 4.79 Å². The standard InChI is InChI=1S/C17H21BrOS/c1-11(2)7-15(19)17-10-14-9-13(5-4-6-18)12(3)8-16(14)20-17/h8-11H,4-7H2,1-3H3. The largest absolute Gasteiger partial charge is 0.293 e. The first-order valence-corrected chi connectivity index (χ1v) is 9.07. The minimum atomic E-state index is 0.279. The maximum absolute atomic E-state index is 12.2. The van der Waals surface area contributed by atoms with Gasteiger partial charge in [0, 0.05) is 16.5 Å². The van der Waals surface area contributed by atoms with Gasteiger partial charge >= 0.3 is 0 Å². The third-order valence-corrected chi connectivity index (χ3v) is 5.12. The molecule has 0 aliphatic carbocycles. The topological polar surface area (TPSA) is 17.1 Å². The first-order chi connectivity index (χ1) is 9.51. The molecule has 0 N–H and O–H groups in total. The SMILES string of the molecule is Cc1cc2sc(C(=O)CC(C)C)cc2cc1CCCBr. The molecule has 2 rings (SSSR count). The zero-order valence-electron chi connectivity index (χ0n) is 12.3. The van der Waals surface area contributed by atoms with Gasteiger partial charge in [-0.15, -0.1) is 11.3 Å². The predicted molar refractivity (Wildman–Crippen MR) is 92.5 cm³/mol. The molecule has 0 spiro atoms. The molecule has 108 valence electrons. The molecule has 3 heteroatoms. The van der Waals surface area contributed by atoms with Crippen molar-refractivity contribution in [2.24, 2.45) is 5.92 Å². The summed E-state index contributed by atoms with van der Waals surface area (Å²) in [6.07, 6.45) is 2.88. The molecule has 0 amide bonds. The smallest absolute Gasteiger partial charge is 0.173 e. The Morgan fingerprint density at radius 1 is 1.30 bits per heavy atom. The Morgan fingerprint density at radius 3 is 2.70 bits per heavy atom. The minimum absolute atomic E-state index is 0.279. The van der Waals surface area contributed by atoms with E-state index >= 15 is 0 Å². The van der Waals surface area contributed by atoms with Crippen LogP contribution in [0.1, 0.15) is 47.5 Å². The van der Waals surface area contributed by atoms with Crippen LogP contribution in [0.25, 0.3) is 10.1 Å². The highest BCUT2D eigenvalue weighted by atomic mass is 79.9. The summed E-state index contributed by atoms with van der Waals surface area (Å²) < 4.78 is 1.23. The van der Waals surface area contributed by atoms with E-state index < -0.39 is 0 Å². The van der Waals surface area contributed by atoms with E-state index in [4.69, 9.17) is 0 Å². The van der Waals surface area contributed by atoms with Gasteiger partial charge in [-0.25, -0.2) is 0 Å².